The number of amides is 1. The van der Waals surface area contributed by atoms with Gasteiger partial charge in [0.2, 0.25) is 5.91 Å². The molecule has 1 aromatic rings. The molecule has 0 aliphatic carbocycles. The average Bonchev–Trinajstić information content (AvgIpc) is 2.43. The molecule has 0 fully saturated rings. The van der Waals surface area contributed by atoms with E-state index in [2.05, 4.69) is 36.2 Å². The maximum absolute atomic E-state index is 11.5. The van der Waals surface area contributed by atoms with Crippen molar-refractivity contribution in [3.63, 3.8) is 0 Å². The van der Waals surface area contributed by atoms with Crippen molar-refractivity contribution in [1.29, 1.82) is 0 Å². The van der Waals surface area contributed by atoms with Gasteiger partial charge in [0.05, 0.1) is 6.04 Å². The summed E-state index contributed by atoms with van der Waals surface area (Å²) in [5, 5.41) is 12.0. The lowest BCUT2D eigenvalue weighted by molar-refractivity contribution is -0.128. The van der Waals surface area contributed by atoms with Gasteiger partial charge in [0.15, 0.2) is 0 Å². The van der Waals surface area contributed by atoms with Gasteiger partial charge in [-0.15, -0.1) is 0 Å². The van der Waals surface area contributed by atoms with Gasteiger partial charge in [0, 0.05) is 6.54 Å². The fraction of sp³-hybridized carbons (Fsp3) is 0.533. The number of rotatable bonds is 7. The van der Waals surface area contributed by atoms with Crippen LogP contribution in [-0.2, 0) is 4.79 Å². The molecular weight excluding hydrogens is 240 g/mol. The quantitative estimate of drug-likeness (QED) is 0.786. The highest BCUT2D eigenvalue weighted by molar-refractivity contribution is 5.79. The van der Waals surface area contributed by atoms with Gasteiger partial charge in [0.25, 0.3) is 0 Å². The van der Waals surface area contributed by atoms with Crippen molar-refractivity contribution in [3.05, 3.63) is 35.9 Å². The van der Waals surface area contributed by atoms with Crippen LogP contribution in [-0.4, -0.2) is 41.7 Å². The fourth-order valence-electron chi connectivity index (χ4n) is 2.14. The Bertz CT molecular complexity index is 375. The monoisotopic (exact) mass is 264 g/mol. The summed E-state index contributed by atoms with van der Waals surface area (Å²) in [6.45, 7) is 8.03. The second-order valence-corrected chi connectivity index (χ2v) is 4.57. The Balaban J connectivity index is 2.79. The summed E-state index contributed by atoms with van der Waals surface area (Å²) in [7, 11) is 0. The standard InChI is InChI=1S/C15H24N2O2/c1-4-17(5-2)14(11-16-15(19)12(3)18)13-9-7-6-8-10-13/h6-10,12,14,18H,4-5,11H2,1-3H3,(H,16,19). The summed E-state index contributed by atoms with van der Waals surface area (Å²) in [4.78, 5) is 13.8. The number of aliphatic hydroxyl groups is 1. The molecule has 106 valence electrons. The van der Waals surface area contributed by atoms with Crippen molar-refractivity contribution in [2.75, 3.05) is 19.6 Å². The fourth-order valence-corrected chi connectivity index (χ4v) is 2.14. The second-order valence-electron chi connectivity index (χ2n) is 4.57. The second kappa shape index (κ2) is 7.92. The Morgan fingerprint density at radius 2 is 1.84 bits per heavy atom. The number of aliphatic hydroxyl groups excluding tert-OH is 1. The molecule has 2 N–H and O–H groups in total. The Morgan fingerprint density at radius 3 is 2.32 bits per heavy atom. The number of likely N-dealkylation sites (N-methyl/N-ethyl adjacent to an activating group) is 1. The number of nitrogens with zero attached hydrogens (tertiary/aromatic N) is 1. The number of carbonyl (C=O) groups excluding carboxylic acids is 1. The lowest BCUT2D eigenvalue weighted by Crippen LogP contribution is -2.41. The highest BCUT2D eigenvalue weighted by atomic mass is 16.3. The van der Waals surface area contributed by atoms with Crippen LogP contribution in [0, 0.1) is 0 Å². The SMILES string of the molecule is CCN(CC)C(CNC(=O)C(C)O)c1ccccc1. The Hall–Kier alpha value is -1.39. The Morgan fingerprint density at radius 1 is 1.26 bits per heavy atom. The van der Waals surface area contributed by atoms with E-state index in [-0.39, 0.29) is 11.9 Å². The van der Waals surface area contributed by atoms with Crippen LogP contribution in [0.25, 0.3) is 0 Å². The van der Waals surface area contributed by atoms with Crippen molar-refractivity contribution in [1.82, 2.24) is 10.2 Å². The molecule has 1 amide bonds. The van der Waals surface area contributed by atoms with Gasteiger partial charge in [0.1, 0.15) is 6.10 Å². The van der Waals surface area contributed by atoms with Crippen molar-refractivity contribution in [2.24, 2.45) is 0 Å². The molecule has 0 aliphatic rings. The van der Waals surface area contributed by atoms with Gasteiger partial charge < -0.3 is 10.4 Å². The molecule has 4 nitrogen and oxygen atoms in total. The van der Waals surface area contributed by atoms with Gasteiger partial charge in [-0.05, 0) is 25.6 Å². The minimum Gasteiger partial charge on any atom is -0.384 e. The van der Waals surface area contributed by atoms with Crippen molar-refractivity contribution in [2.45, 2.75) is 32.9 Å². The molecule has 0 saturated carbocycles. The maximum atomic E-state index is 11.5. The van der Waals surface area contributed by atoms with Crippen LogP contribution < -0.4 is 5.32 Å². The topological polar surface area (TPSA) is 52.6 Å². The highest BCUT2D eigenvalue weighted by Gasteiger charge is 2.19. The third-order valence-electron chi connectivity index (χ3n) is 3.29. The summed E-state index contributed by atoms with van der Waals surface area (Å²) in [6, 6.07) is 10.3. The predicted octanol–water partition coefficient (Wildman–Crippen LogP) is 1.57. The maximum Gasteiger partial charge on any atom is 0.248 e. The molecule has 0 aliphatic heterocycles. The predicted molar refractivity (Wildman–Crippen MR) is 76.8 cm³/mol. The largest absolute Gasteiger partial charge is 0.384 e. The van der Waals surface area contributed by atoms with E-state index in [9.17, 15) is 9.90 Å². The Kier molecular flexibility index (Phi) is 6.53. The number of benzene rings is 1. The van der Waals surface area contributed by atoms with Crippen molar-refractivity contribution >= 4 is 5.91 Å². The van der Waals surface area contributed by atoms with E-state index >= 15 is 0 Å². The molecular formula is C15H24N2O2. The van der Waals surface area contributed by atoms with Crippen LogP contribution in [0.4, 0.5) is 0 Å². The van der Waals surface area contributed by atoms with E-state index in [4.69, 9.17) is 0 Å². The smallest absolute Gasteiger partial charge is 0.248 e. The van der Waals surface area contributed by atoms with Gasteiger partial charge >= 0.3 is 0 Å². The first-order valence-corrected chi connectivity index (χ1v) is 6.84. The number of carbonyl (C=O) groups is 1. The summed E-state index contributed by atoms with van der Waals surface area (Å²) < 4.78 is 0. The lowest BCUT2D eigenvalue weighted by Gasteiger charge is -2.30. The van der Waals surface area contributed by atoms with Crippen LogP contribution in [0.5, 0.6) is 0 Å². The van der Waals surface area contributed by atoms with E-state index < -0.39 is 6.10 Å². The van der Waals surface area contributed by atoms with E-state index in [0.717, 1.165) is 13.1 Å². The number of nitrogens with one attached hydrogen (secondary N) is 1. The van der Waals surface area contributed by atoms with Crippen LogP contribution in [0.15, 0.2) is 30.3 Å². The first kappa shape index (κ1) is 15.7. The molecule has 1 rings (SSSR count). The molecule has 0 saturated heterocycles. The summed E-state index contributed by atoms with van der Waals surface area (Å²) in [5.74, 6) is -0.326. The van der Waals surface area contributed by atoms with Gasteiger partial charge in [-0.2, -0.15) is 0 Å². The number of hydrogen-bond donors (Lipinski definition) is 2. The molecule has 19 heavy (non-hydrogen) atoms. The van der Waals surface area contributed by atoms with Gasteiger partial charge in [-0.1, -0.05) is 44.2 Å². The minimum atomic E-state index is -0.965. The van der Waals surface area contributed by atoms with E-state index in [1.807, 2.05) is 18.2 Å². The first-order chi connectivity index (χ1) is 9.10. The third-order valence-corrected chi connectivity index (χ3v) is 3.29. The number of hydrogen-bond acceptors (Lipinski definition) is 3. The average molecular weight is 264 g/mol. The molecule has 0 heterocycles. The zero-order valence-corrected chi connectivity index (χ0v) is 12.0. The lowest BCUT2D eigenvalue weighted by atomic mass is 10.0. The molecule has 0 radical (unpaired) electrons. The Labute approximate surface area is 115 Å². The highest BCUT2D eigenvalue weighted by Crippen LogP contribution is 2.19. The molecule has 4 heteroatoms. The molecule has 0 spiro atoms. The first-order valence-electron chi connectivity index (χ1n) is 6.84. The zero-order valence-electron chi connectivity index (χ0n) is 12.0. The van der Waals surface area contributed by atoms with Crippen molar-refractivity contribution in [3.8, 4) is 0 Å². The van der Waals surface area contributed by atoms with E-state index in [1.54, 1.807) is 0 Å². The molecule has 0 bridgehead atoms. The van der Waals surface area contributed by atoms with E-state index in [1.165, 1.54) is 12.5 Å². The van der Waals surface area contributed by atoms with Crippen LogP contribution in [0.3, 0.4) is 0 Å². The van der Waals surface area contributed by atoms with Crippen LogP contribution >= 0.6 is 0 Å². The third kappa shape index (κ3) is 4.65. The van der Waals surface area contributed by atoms with Crippen LogP contribution in [0.1, 0.15) is 32.4 Å². The molecule has 2 unspecified atom stereocenters. The van der Waals surface area contributed by atoms with Gasteiger partial charge in [-0.3, -0.25) is 9.69 Å². The summed E-state index contributed by atoms with van der Waals surface area (Å²) >= 11 is 0. The normalized spacial score (nSPS) is 14.2. The minimum absolute atomic E-state index is 0.138. The molecule has 0 aromatic heterocycles. The molecule has 2 atom stereocenters. The zero-order chi connectivity index (χ0) is 14.3. The van der Waals surface area contributed by atoms with Gasteiger partial charge in [-0.25, -0.2) is 0 Å². The van der Waals surface area contributed by atoms with Crippen LogP contribution in [0.2, 0.25) is 0 Å². The molecule has 1 aromatic carbocycles. The summed E-state index contributed by atoms with van der Waals surface area (Å²) in [6.07, 6.45) is -0.965. The summed E-state index contributed by atoms with van der Waals surface area (Å²) in [5.41, 5.74) is 1.18. The van der Waals surface area contributed by atoms with E-state index in [0.29, 0.717) is 6.54 Å². The van der Waals surface area contributed by atoms with Crippen molar-refractivity contribution < 1.29 is 9.90 Å².